The molecule has 0 radical (unpaired) electrons. The molecule has 0 amide bonds. The molecule has 12 heteroatoms. The quantitative estimate of drug-likeness (QED) is 0.260. The Morgan fingerprint density at radius 1 is 0.944 bits per heavy atom. The molecule has 0 aliphatic rings. The maximum atomic E-state index is 5.92. The Kier molecular flexibility index (Phi) is 10.7. The van der Waals surface area contributed by atoms with E-state index < -0.39 is 7.38 Å². The van der Waals surface area contributed by atoms with Crippen LogP contribution in [0, 0.1) is 0 Å². The number of halogens is 10. The molecule has 0 aromatic rings. The third-order valence-corrected chi connectivity index (χ3v) is 3.96. The van der Waals surface area contributed by atoms with E-state index in [-0.39, 0.29) is 5.38 Å². The van der Waals surface area contributed by atoms with Crippen molar-refractivity contribution in [1.29, 1.82) is 0 Å². The van der Waals surface area contributed by atoms with E-state index in [9.17, 15) is 0 Å². The van der Waals surface area contributed by atoms with E-state index in [2.05, 4.69) is 6.92 Å². The number of hydrogen-bond acceptors (Lipinski definition) is 0. The van der Waals surface area contributed by atoms with E-state index in [1.54, 1.807) is 0 Å². The van der Waals surface area contributed by atoms with Gasteiger partial charge < -0.3 is 0 Å². The summed E-state index contributed by atoms with van der Waals surface area (Å²) in [6.07, 6.45) is 3.74. The van der Waals surface area contributed by atoms with E-state index in [0.717, 1.165) is 19.3 Å². The van der Waals surface area contributed by atoms with Crippen LogP contribution in [0.3, 0.4) is 0 Å². The van der Waals surface area contributed by atoms with Crippen molar-refractivity contribution in [2.45, 2.75) is 31.6 Å². The van der Waals surface area contributed by atoms with Gasteiger partial charge in [0.1, 0.15) is 39.9 Å². The van der Waals surface area contributed by atoms with Gasteiger partial charge in [0.05, 0.1) is 5.38 Å². The Bertz CT molecular complexity index is 225. The summed E-state index contributed by atoms with van der Waals surface area (Å²) >= 11 is 52.9. The van der Waals surface area contributed by atoms with Crippen molar-refractivity contribution in [2.24, 2.45) is 0 Å². The summed E-state index contributed by atoms with van der Waals surface area (Å²) in [4.78, 5) is 0. The second-order valence-corrected chi connectivity index (χ2v) is 37.2. The summed E-state index contributed by atoms with van der Waals surface area (Å²) in [5.41, 5.74) is 0. The van der Waals surface area contributed by atoms with Crippen molar-refractivity contribution in [1.82, 2.24) is 0 Å². The predicted octanol–water partition coefficient (Wildman–Crippen LogP) is 10.3. The third kappa shape index (κ3) is 42.7. The molecule has 0 rings (SSSR count). The zero-order chi connectivity index (χ0) is 15.3. The summed E-state index contributed by atoms with van der Waals surface area (Å²) < 4.78 is -4.82. The molecule has 18 heavy (non-hydrogen) atoms. The summed E-state index contributed by atoms with van der Waals surface area (Å²) in [6, 6.07) is 0. The number of rotatable bonds is 5. The molecule has 1 unspecified atom stereocenters. The first-order chi connectivity index (χ1) is 7.40. The normalized spacial score (nSPS) is 18.2. The Hall–Kier alpha value is 3.76. The molecular weight excluding hydrogens is 489 g/mol. The van der Waals surface area contributed by atoms with Gasteiger partial charge in [-0.2, -0.15) is 0 Å². The van der Waals surface area contributed by atoms with Crippen LogP contribution in [-0.4, -0.2) is 11.5 Å². The first-order valence-electron chi connectivity index (χ1n) is 4.58. The van der Waals surface area contributed by atoms with Crippen LogP contribution in [0.5, 0.6) is 0 Å². The minimum absolute atomic E-state index is 0.0378. The van der Waals surface area contributed by atoms with Crippen molar-refractivity contribution in [3.8, 4) is 0 Å². The van der Waals surface area contributed by atoms with Gasteiger partial charge in [-0.05, 0) is 6.42 Å². The van der Waals surface area contributed by atoms with Crippen LogP contribution in [0.15, 0.2) is 0 Å². The fraction of sp³-hybridized carbons (Fsp3) is 1.00. The van der Waals surface area contributed by atoms with Crippen molar-refractivity contribution in [2.75, 3.05) is 6.16 Å². The van der Waals surface area contributed by atoms with Gasteiger partial charge >= 0.3 is 74.8 Å². The first-order valence-corrected chi connectivity index (χ1v) is 17.8. The fourth-order valence-corrected chi connectivity index (χ4v) is 4.28. The van der Waals surface area contributed by atoms with Crippen molar-refractivity contribution in [3.05, 3.63) is 0 Å². The van der Waals surface area contributed by atoms with Gasteiger partial charge in [0.25, 0.3) is 0 Å². The molecule has 0 aromatic carbocycles. The molecule has 0 aromatic heterocycles. The molecule has 0 fully saturated rings. The van der Waals surface area contributed by atoms with E-state index in [0.29, 0.717) is 6.16 Å². The summed E-state index contributed by atoms with van der Waals surface area (Å²) in [7, 11) is 0. The monoisotopic (exact) mass is 496 g/mol. The second-order valence-electron chi connectivity index (χ2n) is 3.43. The summed E-state index contributed by atoms with van der Waals surface area (Å²) in [6.45, 7) is 2.12. The van der Waals surface area contributed by atoms with E-state index in [4.69, 9.17) is 113 Å². The average Bonchev–Trinajstić information content (AvgIpc) is 1.90. The molecule has 0 saturated heterocycles. The molecule has 0 N–H and O–H groups in total. The Balaban J connectivity index is 0. The van der Waals surface area contributed by atoms with Crippen molar-refractivity contribution in [3.63, 3.8) is 0 Å². The molecular formula is C6H12Cl10P2. The van der Waals surface area contributed by atoms with Crippen LogP contribution in [0.1, 0.15) is 26.2 Å². The van der Waals surface area contributed by atoms with Crippen LogP contribution in [-0.2, 0) is 0 Å². The average molecular weight is 501 g/mol. The van der Waals surface area contributed by atoms with Gasteiger partial charge in [-0.15, -0.1) is 11.6 Å². The third-order valence-electron chi connectivity index (χ3n) is 1.28. The molecule has 116 valence electrons. The first kappa shape index (κ1) is 24.0. The van der Waals surface area contributed by atoms with E-state index in [1.807, 2.05) is 0 Å². The number of unbranched alkanes of at least 4 members (excludes halogenated alkanes) is 1. The van der Waals surface area contributed by atoms with Crippen molar-refractivity contribution >= 4 is 120 Å². The van der Waals surface area contributed by atoms with Crippen LogP contribution < -0.4 is 0 Å². The molecule has 0 aliphatic carbocycles. The Labute approximate surface area is 156 Å². The second kappa shape index (κ2) is 8.04. The van der Waals surface area contributed by atoms with Crippen molar-refractivity contribution < 1.29 is 0 Å². The summed E-state index contributed by atoms with van der Waals surface area (Å²) in [5.74, 6) is 0. The molecule has 0 aliphatic heterocycles. The van der Waals surface area contributed by atoms with Gasteiger partial charge in [0, 0.05) is 0 Å². The van der Waals surface area contributed by atoms with Gasteiger partial charge in [-0.1, -0.05) is 19.8 Å². The molecule has 0 nitrogen and oxygen atoms in total. The van der Waals surface area contributed by atoms with Crippen LogP contribution >= 0.6 is 120 Å². The molecule has 0 bridgehead atoms. The van der Waals surface area contributed by atoms with Crippen LogP contribution in [0.25, 0.3) is 0 Å². The van der Waals surface area contributed by atoms with Crippen LogP contribution in [0.4, 0.5) is 0 Å². The maximum absolute atomic E-state index is 5.92. The molecule has 0 saturated carbocycles. The van der Waals surface area contributed by atoms with E-state index >= 15 is 0 Å². The fourth-order valence-electron chi connectivity index (χ4n) is 0.742. The Morgan fingerprint density at radius 2 is 1.28 bits per heavy atom. The van der Waals surface area contributed by atoms with Crippen LogP contribution in [0.2, 0.25) is 0 Å². The zero-order valence-corrected chi connectivity index (χ0v) is 18.4. The predicted molar refractivity (Wildman–Crippen MR) is 101 cm³/mol. The standard InChI is InChI=1S/C6H12Cl4P.Cl6P/c1-2-3-4-6(7)5-11(8,9)10;1-7(2,3,4,5)6/h6H,2-5H2,1H3;/q+1;-1. The minimum atomic E-state index is -4.82. The zero-order valence-electron chi connectivity index (χ0n) is 9.08. The molecule has 0 heterocycles. The topological polar surface area (TPSA) is 0 Å². The number of hydrogen-bond donors (Lipinski definition) is 0. The van der Waals surface area contributed by atoms with Gasteiger partial charge in [0.2, 0.25) is 0 Å². The SMILES string of the molecule is CCCCC(Cl)C[P+](Cl)(Cl)Cl.Cl[P-](Cl)(Cl)(Cl)(Cl)Cl. The molecule has 0 spiro atoms. The van der Waals surface area contributed by atoms with E-state index in [1.165, 1.54) is 0 Å². The summed E-state index contributed by atoms with van der Waals surface area (Å²) in [5, 5.41) is -2.19. The van der Waals surface area contributed by atoms with Gasteiger partial charge in [-0.3, -0.25) is 0 Å². The van der Waals surface area contributed by atoms with Gasteiger partial charge in [-0.25, -0.2) is 0 Å². The Morgan fingerprint density at radius 3 is 1.50 bits per heavy atom. The van der Waals surface area contributed by atoms with Gasteiger partial charge in [0.15, 0.2) is 0 Å². The number of alkyl halides is 1. The molecule has 1 atom stereocenters.